The number of nitrogens with zero attached hydrogens (tertiary/aromatic N) is 1. The summed E-state index contributed by atoms with van der Waals surface area (Å²) in [6.45, 7) is 2.72. The molecule has 2 unspecified atom stereocenters. The van der Waals surface area contributed by atoms with Gasteiger partial charge in [0.25, 0.3) is 5.91 Å². The van der Waals surface area contributed by atoms with E-state index in [1.165, 1.54) is 6.42 Å². The summed E-state index contributed by atoms with van der Waals surface area (Å²) in [5.41, 5.74) is 0.669. The molecule has 0 radical (unpaired) electrons. The number of carbonyl (C=O) groups excluding carboxylic acids is 1. The van der Waals surface area contributed by atoms with Crippen LogP contribution in [0, 0.1) is 5.92 Å². The van der Waals surface area contributed by atoms with Gasteiger partial charge >= 0.3 is 0 Å². The Morgan fingerprint density at radius 3 is 2.71 bits per heavy atom. The molecule has 3 rings (SSSR count). The lowest BCUT2D eigenvalue weighted by molar-refractivity contribution is 0.0774. The van der Waals surface area contributed by atoms with Crippen molar-refractivity contribution in [2.24, 2.45) is 5.92 Å². The summed E-state index contributed by atoms with van der Waals surface area (Å²) >= 11 is 3.42. The van der Waals surface area contributed by atoms with Gasteiger partial charge in [0.2, 0.25) is 0 Å². The Morgan fingerprint density at radius 2 is 2.05 bits per heavy atom. The fourth-order valence-corrected chi connectivity index (χ4v) is 3.00. The van der Waals surface area contributed by atoms with E-state index >= 15 is 0 Å². The van der Waals surface area contributed by atoms with Gasteiger partial charge in [0.15, 0.2) is 0 Å². The summed E-state index contributed by atoms with van der Waals surface area (Å²) in [6, 6.07) is 11.5. The summed E-state index contributed by atoms with van der Waals surface area (Å²) in [4.78, 5) is 14.1. The van der Waals surface area contributed by atoms with Gasteiger partial charge in [0.1, 0.15) is 11.5 Å². The summed E-state index contributed by atoms with van der Waals surface area (Å²) in [7, 11) is 1.80. The van der Waals surface area contributed by atoms with E-state index in [0.717, 1.165) is 21.9 Å². The van der Waals surface area contributed by atoms with E-state index < -0.39 is 0 Å². The molecule has 1 saturated carbocycles. The fourth-order valence-electron chi connectivity index (χ4n) is 2.54. The number of furan rings is 1. The Morgan fingerprint density at radius 1 is 1.33 bits per heavy atom. The zero-order chi connectivity index (χ0) is 15.0. The van der Waals surface area contributed by atoms with Crippen LogP contribution in [0.15, 0.2) is 45.3 Å². The normalized spacial score (nSPS) is 20.3. The van der Waals surface area contributed by atoms with Crippen LogP contribution in [-0.4, -0.2) is 17.9 Å². The smallest absolute Gasteiger partial charge is 0.255 e. The molecule has 1 aromatic carbocycles. The third kappa shape index (κ3) is 3.05. The first-order valence-corrected chi connectivity index (χ1v) is 7.94. The van der Waals surface area contributed by atoms with E-state index in [2.05, 4.69) is 22.9 Å². The number of hydrogen-bond acceptors (Lipinski definition) is 2. The van der Waals surface area contributed by atoms with Gasteiger partial charge in [-0.1, -0.05) is 19.1 Å². The first kappa shape index (κ1) is 14.4. The second-order valence-electron chi connectivity index (χ2n) is 5.76. The number of carbonyl (C=O) groups is 1. The molecule has 110 valence electrons. The van der Waals surface area contributed by atoms with E-state index in [1.54, 1.807) is 11.9 Å². The first-order valence-electron chi connectivity index (χ1n) is 7.15. The Hall–Kier alpha value is -1.55. The third-order valence-corrected chi connectivity index (χ3v) is 4.69. The Kier molecular flexibility index (Phi) is 3.89. The maximum absolute atomic E-state index is 12.4. The lowest BCUT2D eigenvalue weighted by atomic mass is 10.2. The van der Waals surface area contributed by atoms with Gasteiger partial charge in [-0.25, -0.2) is 0 Å². The van der Waals surface area contributed by atoms with Crippen molar-refractivity contribution in [2.75, 3.05) is 7.05 Å². The molecule has 1 amide bonds. The van der Waals surface area contributed by atoms with E-state index in [9.17, 15) is 4.79 Å². The molecular formula is C17H18BrNO2. The standard InChI is InChI=1S/C17H18BrNO2/c1-11-9-14(11)16-8-7-12(21-16)10-19(2)17(20)13-5-3-4-6-15(13)18/h3-8,11,14H,9-10H2,1-2H3. The summed E-state index contributed by atoms with van der Waals surface area (Å²) in [5, 5.41) is 0. The van der Waals surface area contributed by atoms with Crippen LogP contribution in [0.4, 0.5) is 0 Å². The van der Waals surface area contributed by atoms with Gasteiger partial charge < -0.3 is 9.32 Å². The molecule has 1 aromatic heterocycles. The zero-order valence-corrected chi connectivity index (χ0v) is 13.8. The van der Waals surface area contributed by atoms with Gasteiger partial charge in [-0.05, 0) is 52.5 Å². The lowest BCUT2D eigenvalue weighted by Crippen LogP contribution is -2.26. The molecule has 0 aliphatic heterocycles. The third-order valence-electron chi connectivity index (χ3n) is 4.00. The Balaban J connectivity index is 1.68. The van der Waals surface area contributed by atoms with Crippen LogP contribution in [0.2, 0.25) is 0 Å². The molecule has 1 fully saturated rings. The zero-order valence-electron chi connectivity index (χ0n) is 12.2. The van der Waals surface area contributed by atoms with Gasteiger partial charge in [-0.2, -0.15) is 0 Å². The van der Waals surface area contributed by atoms with Crippen LogP contribution < -0.4 is 0 Å². The molecule has 1 heterocycles. The van der Waals surface area contributed by atoms with E-state index in [4.69, 9.17) is 4.42 Å². The number of hydrogen-bond donors (Lipinski definition) is 0. The fraction of sp³-hybridized carbons (Fsp3) is 0.353. The molecule has 2 aromatic rings. The average Bonchev–Trinajstić information content (AvgIpc) is 3.01. The molecule has 0 bridgehead atoms. The number of rotatable bonds is 4. The highest BCUT2D eigenvalue weighted by molar-refractivity contribution is 9.10. The molecule has 3 nitrogen and oxygen atoms in total. The Labute approximate surface area is 133 Å². The van der Waals surface area contributed by atoms with Gasteiger partial charge in [0, 0.05) is 17.4 Å². The van der Waals surface area contributed by atoms with Crippen molar-refractivity contribution in [1.82, 2.24) is 4.90 Å². The van der Waals surface area contributed by atoms with Gasteiger partial charge in [-0.3, -0.25) is 4.79 Å². The summed E-state index contributed by atoms with van der Waals surface area (Å²) in [6.07, 6.45) is 1.21. The maximum atomic E-state index is 12.4. The van der Waals surface area contributed by atoms with Crippen LogP contribution in [0.25, 0.3) is 0 Å². The summed E-state index contributed by atoms with van der Waals surface area (Å²) < 4.78 is 6.67. The van der Waals surface area contributed by atoms with Gasteiger partial charge in [-0.15, -0.1) is 0 Å². The van der Waals surface area contributed by atoms with E-state index in [-0.39, 0.29) is 5.91 Å². The summed E-state index contributed by atoms with van der Waals surface area (Å²) in [5.74, 6) is 3.18. The van der Waals surface area contributed by atoms with Crippen molar-refractivity contribution in [2.45, 2.75) is 25.8 Å². The minimum Gasteiger partial charge on any atom is -0.464 e. The molecule has 0 N–H and O–H groups in total. The van der Waals surface area contributed by atoms with Gasteiger partial charge in [0.05, 0.1) is 12.1 Å². The molecule has 2 atom stereocenters. The topological polar surface area (TPSA) is 33.5 Å². The van der Waals surface area contributed by atoms with Crippen LogP contribution in [-0.2, 0) is 6.54 Å². The highest BCUT2D eigenvalue weighted by Crippen LogP contribution is 2.47. The second-order valence-corrected chi connectivity index (χ2v) is 6.62. The van der Waals surface area contributed by atoms with Crippen molar-refractivity contribution in [1.29, 1.82) is 0 Å². The minimum absolute atomic E-state index is 0.0137. The van der Waals surface area contributed by atoms with E-state index in [0.29, 0.717) is 18.0 Å². The number of amides is 1. The maximum Gasteiger partial charge on any atom is 0.255 e. The Bertz CT molecular complexity index is 664. The predicted molar refractivity (Wildman–Crippen MR) is 85.2 cm³/mol. The number of halogens is 1. The van der Waals surface area contributed by atoms with E-state index in [1.807, 2.05) is 36.4 Å². The van der Waals surface area contributed by atoms with Crippen molar-refractivity contribution in [3.63, 3.8) is 0 Å². The molecule has 1 aliphatic rings. The van der Waals surface area contributed by atoms with Crippen molar-refractivity contribution < 1.29 is 9.21 Å². The molecule has 1 aliphatic carbocycles. The molecule has 0 spiro atoms. The van der Waals surface area contributed by atoms with Crippen molar-refractivity contribution in [3.05, 3.63) is 58.0 Å². The highest BCUT2D eigenvalue weighted by Gasteiger charge is 2.36. The lowest BCUT2D eigenvalue weighted by Gasteiger charge is -2.16. The molecular weight excluding hydrogens is 330 g/mol. The SMILES string of the molecule is CC1CC1c1ccc(CN(C)C(=O)c2ccccc2Br)o1. The largest absolute Gasteiger partial charge is 0.464 e. The van der Waals surface area contributed by atoms with Crippen LogP contribution >= 0.6 is 15.9 Å². The predicted octanol–water partition coefficient (Wildman–Crippen LogP) is 4.44. The molecule has 21 heavy (non-hydrogen) atoms. The first-order chi connectivity index (χ1) is 10.1. The molecule has 0 saturated heterocycles. The molecule has 4 heteroatoms. The van der Waals surface area contributed by atoms with Crippen LogP contribution in [0.1, 0.15) is 41.1 Å². The van der Waals surface area contributed by atoms with Crippen LogP contribution in [0.5, 0.6) is 0 Å². The van der Waals surface area contributed by atoms with Crippen LogP contribution in [0.3, 0.4) is 0 Å². The van der Waals surface area contributed by atoms with Crippen molar-refractivity contribution >= 4 is 21.8 Å². The minimum atomic E-state index is -0.0137. The van der Waals surface area contributed by atoms with Crippen molar-refractivity contribution in [3.8, 4) is 0 Å². The monoisotopic (exact) mass is 347 g/mol. The average molecular weight is 348 g/mol. The number of benzene rings is 1. The quantitative estimate of drug-likeness (QED) is 0.819. The second kappa shape index (κ2) is 5.68. The highest BCUT2D eigenvalue weighted by atomic mass is 79.9.